The molecule has 0 aliphatic carbocycles. The summed E-state index contributed by atoms with van der Waals surface area (Å²) < 4.78 is 29.0. The van der Waals surface area contributed by atoms with Crippen molar-refractivity contribution >= 4 is 27.5 Å². The van der Waals surface area contributed by atoms with Gasteiger partial charge in [-0.1, -0.05) is 65.7 Å². The first-order valence-electron chi connectivity index (χ1n) is 13.0. The predicted octanol–water partition coefficient (Wildman–Crippen LogP) is 5.14. The van der Waals surface area contributed by atoms with Crippen LogP contribution in [0.2, 0.25) is 0 Å². The maximum absolute atomic E-state index is 14.0. The largest absolute Gasteiger partial charge is 0.350 e. The third-order valence-electron chi connectivity index (χ3n) is 6.37. The van der Waals surface area contributed by atoms with Crippen LogP contribution in [-0.2, 0) is 26.2 Å². The Labute approximate surface area is 232 Å². The van der Waals surface area contributed by atoms with Gasteiger partial charge in [0.1, 0.15) is 12.6 Å². The van der Waals surface area contributed by atoms with E-state index >= 15 is 0 Å². The lowest BCUT2D eigenvalue weighted by atomic mass is 10.1. The number of carbonyl (C=O) groups is 2. The molecule has 2 amide bonds. The molecule has 1 atom stereocenters. The van der Waals surface area contributed by atoms with E-state index in [1.807, 2.05) is 65.0 Å². The van der Waals surface area contributed by atoms with Gasteiger partial charge in [0, 0.05) is 12.1 Å². The highest BCUT2D eigenvalue weighted by Crippen LogP contribution is 2.27. The number of anilines is 1. The highest BCUT2D eigenvalue weighted by atomic mass is 32.2. The minimum Gasteiger partial charge on any atom is -0.350 e. The van der Waals surface area contributed by atoms with Gasteiger partial charge in [0.2, 0.25) is 11.8 Å². The maximum Gasteiger partial charge on any atom is 0.264 e. The SMILES string of the molecule is Cc1ccc(S(=O)(=O)N(CC(=O)N(Cc2cccc(C)c2)C(C)C(=O)NC(C)(C)C)c2ccccc2C)cc1. The highest BCUT2D eigenvalue weighted by molar-refractivity contribution is 7.92. The van der Waals surface area contributed by atoms with E-state index in [2.05, 4.69) is 5.32 Å². The van der Waals surface area contributed by atoms with E-state index in [-0.39, 0.29) is 17.3 Å². The molecule has 0 aromatic heterocycles. The Morgan fingerprint density at radius 2 is 1.51 bits per heavy atom. The molecule has 208 valence electrons. The van der Waals surface area contributed by atoms with E-state index in [1.54, 1.807) is 56.3 Å². The summed E-state index contributed by atoms with van der Waals surface area (Å²) >= 11 is 0. The molecule has 7 nitrogen and oxygen atoms in total. The van der Waals surface area contributed by atoms with Crippen LogP contribution in [0, 0.1) is 20.8 Å². The lowest BCUT2D eigenvalue weighted by Gasteiger charge is -2.34. The molecular weight excluding hydrogens is 510 g/mol. The van der Waals surface area contributed by atoms with Gasteiger partial charge in [-0.3, -0.25) is 13.9 Å². The normalized spacial score (nSPS) is 12.5. The molecule has 3 aromatic rings. The van der Waals surface area contributed by atoms with Gasteiger partial charge < -0.3 is 10.2 Å². The van der Waals surface area contributed by atoms with Crippen molar-refractivity contribution in [1.82, 2.24) is 10.2 Å². The number of nitrogens with zero attached hydrogens (tertiary/aromatic N) is 2. The van der Waals surface area contributed by atoms with Gasteiger partial charge in [-0.2, -0.15) is 0 Å². The third-order valence-corrected chi connectivity index (χ3v) is 8.15. The van der Waals surface area contributed by atoms with E-state index in [1.165, 1.54) is 4.90 Å². The molecule has 0 radical (unpaired) electrons. The zero-order valence-corrected chi connectivity index (χ0v) is 24.7. The molecule has 3 aromatic carbocycles. The van der Waals surface area contributed by atoms with Crippen molar-refractivity contribution < 1.29 is 18.0 Å². The lowest BCUT2D eigenvalue weighted by Crippen LogP contribution is -2.54. The van der Waals surface area contributed by atoms with Crippen LogP contribution in [0.25, 0.3) is 0 Å². The number of benzene rings is 3. The number of aryl methyl sites for hydroxylation is 3. The Bertz CT molecular complexity index is 1430. The summed E-state index contributed by atoms with van der Waals surface area (Å²) in [7, 11) is -4.09. The van der Waals surface area contributed by atoms with Gasteiger partial charge >= 0.3 is 0 Å². The zero-order chi connectivity index (χ0) is 29.0. The number of rotatable bonds is 9. The highest BCUT2D eigenvalue weighted by Gasteiger charge is 2.33. The molecule has 0 bridgehead atoms. The average molecular weight is 550 g/mol. The second-order valence-corrected chi connectivity index (χ2v) is 12.9. The minimum absolute atomic E-state index is 0.0907. The molecule has 0 saturated carbocycles. The Balaban J connectivity index is 2.05. The van der Waals surface area contributed by atoms with Gasteiger partial charge in [0.15, 0.2) is 0 Å². The van der Waals surface area contributed by atoms with Crippen LogP contribution in [0.1, 0.15) is 49.9 Å². The second-order valence-electron chi connectivity index (χ2n) is 11.0. The Morgan fingerprint density at radius 3 is 2.10 bits per heavy atom. The first kappa shape index (κ1) is 29.9. The van der Waals surface area contributed by atoms with Crippen LogP contribution >= 0.6 is 0 Å². The third kappa shape index (κ3) is 7.69. The van der Waals surface area contributed by atoms with E-state index in [0.717, 1.165) is 21.0 Å². The van der Waals surface area contributed by atoms with E-state index < -0.39 is 34.1 Å². The minimum atomic E-state index is -4.09. The summed E-state index contributed by atoms with van der Waals surface area (Å²) in [6, 6.07) is 20.5. The molecule has 0 spiro atoms. The van der Waals surface area contributed by atoms with Crippen molar-refractivity contribution in [3.05, 3.63) is 95.1 Å². The molecule has 1 unspecified atom stereocenters. The smallest absolute Gasteiger partial charge is 0.264 e. The van der Waals surface area contributed by atoms with Gasteiger partial charge in [-0.25, -0.2) is 8.42 Å². The van der Waals surface area contributed by atoms with Crippen molar-refractivity contribution in [3.8, 4) is 0 Å². The molecule has 0 heterocycles. The van der Waals surface area contributed by atoms with Crippen molar-refractivity contribution in [1.29, 1.82) is 0 Å². The number of nitrogens with one attached hydrogen (secondary N) is 1. The first-order valence-corrected chi connectivity index (χ1v) is 14.4. The van der Waals surface area contributed by atoms with Crippen LogP contribution in [0.4, 0.5) is 5.69 Å². The second kappa shape index (κ2) is 12.0. The fraction of sp³-hybridized carbons (Fsp3) is 0.355. The lowest BCUT2D eigenvalue weighted by molar-refractivity contribution is -0.140. The molecule has 8 heteroatoms. The van der Waals surface area contributed by atoms with Crippen molar-refractivity contribution in [2.45, 2.75) is 71.5 Å². The van der Waals surface area contributed by atoms with Crippen molar-refractivity contribution in [2.24, 2.45) is 0 Å². The van der Waals surface area contributed by atoms with Gasteiger partial charge in [0.25, 0.3) is 10.0 Å². The molecule has 3 rings (SSSR count). The number of hydrogen-bond donors (Lipinski definition) is 1. The number of carbonyl (C=O) groups excluding carboxylic acids is 2. The fourth-order valence-electron chi connectivity index (χ4n) is 4.26. The molecule has 0 saturated heterocycles. The maximum atomic E-state index is 14.0. The molecule has 0 fully saturated rings. The number of sulfonamides is 1. The summed E-state index contributed by atoms with van der Waals surface area (Å²) in [6.07, 6.45) is 0. The van der Waals surface area contributed by atoms with Gasteiger partial charge in [0.05, 0.1) is 10.6 Å². The molecular formula is C31H39N3O4S. The number of hydrogen-bond acceptors (Lipinski definition) is 4. The van der Waals surface area contributed by atoms with Crippen molar-refractivity contribution in [3.63, 3.8) is 0 Å². The Hall–Kier alpha value is -3.65. The fourth-order valence-corrected chi connectivity index (χ4v) is 5.74. The van der Waals surface area contributed by atoms with Crippen LogP contribution < -0.4 is 9.62 Å². The van der Waals surface area contributed by atoms with Crippen LogP contribution in [-0.4, -0.2) is 43.3 Å². The Morgan fingerprint density at radius 1 is 0.872 bits per heavy atom. The topological polar surface area (TPSA) is 86.8 Å². The van der Waals surface area contributed by atoms with Gasteiger partial charge in [-0.05, 0) is 77.8 Å². The predicted molar refractivity (Wildman–Crippen MR) is 156 cm³/mol. The Kier molecular flexibility index (Phi) is 9.22. The van der Waals surface area contributed by atoms with E-state index in [9.17, 15) is 18.0 Å². The number of amides is 2. The summed E-state index contributed by atoms with van der Waals surface area (Å²) in [5, 5.41) is 2.94. The number of para-hydroxylation sites is 1. The zero-order valence-electron chi connectivity index (χ0n) is 23.9. The summed E-state index contributed by atoms with van der Waals surface area (Å²) in [6.45, 7) is 12.6. The van der Waals surface area contributed by atoms with Crippen LogP contribution in [0.3, 0.4) is 0 Å². The van der Waals surface area contributed by atoms with E-state index in [4.69, 9.17) is 0 Å². The molecule has 0 aliphatic heterocycles. The molecule has 39 heavy (non-hydrogen) atoms. The molecule has 0 aliphatic rings. The summed E-state index contributed by atoms with van der Waals surface area (Å²) in [5.74, 6) is -0.792. The molecule has 1 N–H and O–H groups in total. The summed E-state index contributed by atoms with van der Waals surface area (Å²) in [5.41, 5.74) is 3.43. The average Bonchev–Trinajstić information content (AvgIpc) is 2.85. The standard InChI is InChI=1S/C31H39N3O4S/c1-22-15-17-27(18-16-22)39(37,38)34(28-14-9-8-12-24(28)3)21-29(35)33(20-26-13-10-11-23(2)19-26)25(4)30(36)32-31(5,6)7/h8-19,25H,20-21H2,1-7H3,(H,32,36). The monoisotopic (exact) mass is 549 g/mol. The van der Waals surface area contributed by atoms with Crippen LogP contribution in [0.5, 0.6) is 0 Å². The quantitative estimate of drug-likeness (QED) is 0.401. The first-order chi connectivity index (χ1) is 18.2. The van der Waals surface area contributed by atoms with Crippen molar-refractivity contribution in [2.75, 3.05) is 10.8 Å². The summed E-state index contributed by atoms with van der Waals surface area (Å²) in [4.78, 5) is 28.7. The van der Waals surface area contributed by atoms with Gasteiger partial charge in [-0.15, -0.1) is 0 Å². The van der Waals surface area contributed by atoms with Crippen LogP contribution in [0.15, 0.2) is 77.7 Å². The van der Waals surface area contributed by atoms with E-state index in [0.29, 0.717) is 11.3 Å².